The summed E-state index contributed by atoms with van der Waals surface area (Å²) >= 11 is 5.23. The number of halogens is 1. The van der Waals surface area contributed by atoms with Crippen LogP contribution in [0, 0.1) is 0 Å². The average molecular weight is 453 g/mol. The van der Waals surface area contributed by atoms with Gasteiger partial charge >= 0.3 is 0 Å². The Labute approximate surface area is 172 Å². The normalized spacial score (nSPS) is 15.5. The first kappa shape index (κ1) is 20.2. The minimum Gasteiger partial charge on any atom is -0.493 e. The van der Waals surface area contributed by atoms with Crippen molar-refractivity contribution in [3.05, 3.63) is 44.6 Å². The summed E-state index contributed by atoms with van der Waals surface area (Å²) in [6.07, 6.45) is 2.44. The Morgan fingerprint density at radius 2 is 2.15 bits per heavy atom. The molecular formula is C20H25BrN2O3S. The van der Waals surface area contributed by atoms with Crippen LogP contribution in [0.5, 0.6) is 11.5 Å². The highest BCUT2D eigenvalue weighted by molar-refractivity contribution is 9.10. The van der Waals surface area contributed by atoms with Gasteiger partial charge in [-0.15, -0.1) is 11.3 Å². The predicted molar refractivity (Wildman–Crippen MR) is 112 cm³/mol. The van der Waals surface area contributed by atoms with Gasteiger partial charge in [0.25, 0.3) is 5.91 Å². The summed E-state index contributed by atoms with van der Waals surface area (Å²) in [6, 6.07) is 7.94. The molecule has 1 aliphatic heterocycles. The molecule has 0 spiro atoms. The number of thiophene rings is 1. The lowest BCUT2D eigenvalue weighted by Gasteiger charge is -2.27. The first-order valence-corrected chi connectivity index (χ1v) is 10.9. The molecule has 1 fully saturated rings. The lowest BCUT2D eigenvalue weighted by molar-refractivity contribution is 0.0938. The molecule has 3 rings (SSSR count). The number of rotatable bonds is 8. The van der Waals surface area contributed by atoms with Crippen LogP contribution in [0.2, 0.25) is 0 Å². The first-order valence-electron chi connectivity index (χ1n) is 9.20. The minimum absolute atomic E-state index is 0.113. The molecule has 0 radical (unpaired) electrons. The van der Waals surface area contributed by atoms with E-state index in [0.29, 0.717) is 34.7 Å². The van der Waals surface area contributed by atoms with Gasteiger partial charge in [0.05, 0.1) is 24.2 Å². The Kier molecular flexibility index (Phi) is 7.15. The highest BCUT2D eigenvalue weighted by Gasteiger charge is 2.25. The van der Waals surface area contributed by atoms with Gasteiger partial charge in [-0.2, -0.15) is 0 Å². The lowest BCUT2D eigenvalue weighted by atomic mass is 10.1. The van der Waals surface area contributed by atoms with E-state index in [2.05, 4.69) is 43.7 Å². The Bertz CT molecular complexity index is 761. The zero-order valence-electron chi connectivity index (χ0n) is 15.7. The van der Waals surface area contributed by atoms with Crippen LogP contribution < -0.4 is 14.8 Å². The molecule has 1 aromatic carbocycles. The second-order valence-electron chi connectivity index (χ2n) is 6.41. The molecule has 1 saturated heterocycles. The molecule has 146 valence electrons. The summed E-state index contributed by atoms with van der Waals surface area (Å²) in [4.78, 5) is 16.5. The Morgan fingerprint density at radius 3 is 2.78 bits per heavy atom. The highest BCUT2D eigenvalue weighted by atomic mass is 79.9. The number of carbonyl (C=O) groups is 1. The molecule has 0 aliphatic carbocycles. The van der Waals surface area contributed by atoms with Crippen molar-refractivity contribution >= 4 is 33.2 Å². The van der Waals surface area contributed by atoms with Gasteiger partial charge in [-0.3, -0.25) is 9.69 Å². The molecule has 1 aromatic heterocycles. The van der Waals surface area contributed by atoms with Crippen LogP contribution in [0.3, 0.4) is 0 Å². The van der Waals surface area contributed by atoms with E-state index in [4.69, 9.17) is 9.47 Å². The number of hydrogen-bond acceptors (Lipinski definition) is 5. The molecule has 1 amide bonds. The summed E-state index contributed by atoms with van der Waals surface area (Å²) in [7, 11) is 1.58. The van der Waals surface area contributed by atoms with Gasteiger partial charge in [0.1, 0.15) is 0 Å². The van der Waals surface area contributed by atoms with Gasteiger partial charge in [-0.05, 0) is 72.4 Å². The summed E-state index contributed by atoms with van der Waals surface area (Å²) in [6.45, 7) is 5.20. The van der Waals surface area contributed by atoms with Crippen molar-refractivity contribution in [2.45, 2.75) is 25.8 Å². The van der Waals surface area contributed by atoms with E-state index in [0.717, 1.165) is 13.1 Å². The van der Waals surface area contributed by atoms with E-state index in [1.165, 1.54) is 17.7 Å². The second-order valence-corrected chi connectivity index (χ2v) is 8.24. The Morgan fingerprint density at radius 1 is 1.37 bits per heavy atom. The standard InChI is InChI=1S/C20H25BrN2O3S/c1-3-26-19-15(21)11-14(12-17(19)25-2)20(24)22-13-16(18-7-6-10-27-18)23-8-4-5-9-23/h6-7,10-12,16H,3-5,8-9,13H2,1-2H3,(H,22,24). The largest absolute Gasteiger partial charge is 0.493 e. The van der Waals surface area contributed by atoms with Gasteiger partial charge in [-0.25, -0.2) is 0 Å². The minimum atomic E-state index is -0.113. The third kappa shape index (κ3) is 4.83. The van der Waals surface area contributed by atoms with Crippen molar-refractivity contribution in [1.29, 1.82) is 0 Å². The number of benzene rings is 1. The van der Waals surface area contributed by atoms with Crippen LogP contribution in [0.4, 0.5) is 0 Å². The monoisotopic (exact) mass is 452 g/mol. The average Bonchev–Trinajstić information content (AvgIpc) is 3.37. The molecule has 27 heavy (non-hydrogen) atoms. The fraction of sp³-hybridized carbons (Fsp3) is 0.450. The topological polar surface area (TPSA) is 50.8 Å². The summed E-state index contributed by atoms with van der Waals surface area (Å²) in [5, 5.41) is 5.19. The van der Waals surface area contributed by atoms with Crippen LogP contribution in [-0.2, 0) is 0 Å². The van der Waals surface area contributed by atoms with Crippen LogP contribution >= 0.6 is 27.3 Å². The van der Waals surface area contributed by atoms with Crippen molar-refractivity contribution in [3.63, 3.8) is 0 Å². The maximum absolute atomic E-state index is 12.8. The maximum Gasteiger partial charge on any atom is 0.251 e. The van der Waals surface area contributed by atoms with E-state index >= 15 is 0 Å². The van der Waals surface area contributed by atoms with Crippen molar-refractivity contribution in [1.82, 2.24) is 10.2 Å². The molecule has 5 nitrogen and oxygen atoms in total. The molecule has 7 heteroatoms. The Balaban J connectivity index is 1.73. The number of nitrogens with one attached hydrogen (secondary N) is 1. The van der Waals surface area contributed by atoms with Gasteiger partial charge < -0.3 is 14.8 Å². The molecule has 0 saturated carbocycles. The lowest BCUT2D eigenvalue weighted by Crippen LogP contribution is -2.36. The fourth-order valence-corrected chi connectivity index (χ4v) is 4.79. The van der Waals surface area contributed by atoms with Crippen molar-refractivity contribution in [2.75, 3.05) is 33.4 Å². The van der Waals surface area contributed by atoms with E-state index in [1.807, 2.05) is 6.92 Å². The Hall–Kier alpha value is -1.57. The fourth-order valence-electron chi connectivity index (χ4n) is 3.37. The SMILES string of the molecule is CCOc1c(Br)cc(C(=O)NCC(c2cccs2)N2CCCC2)cc1OC. The molecule has 0 bridgehead atoms. The first-order chi connectivity index (χ1) is 13.1. The van der Waals surface area contributed by atoms with Crippen LogP contribution in [0.1, 0.15) is 41.0 Å². The van der Waals surface area contributed by atoms with E-state index in [-0.39, 0.29) is 11.9 Å². The number of methoxy groups -OCH3 is 1. The van der Waals surface area contributed by atoms with E-state index in [9.17, 15) is 4.79 Å². The van der Waals surface area contributed by atoms with Gasteiger partial charge in [0, 0.05) is 17.0 Å². The highest BCUT2D eigenvalue weighted by Crippen LogP contribution is 2.36. The van der Waals surface area contributed by atoms with Crippen molar-refractivity contribution in [3.8, 4) is 11.5 Å². The van der Waals surface area contributed by atoms with E-state index < -0.39 is 0 Å². The summed E-state index contributed by atoms with van der Waals surface area (Å²) in [5.74, 6) is 1.05. The number of nitrogens with zero attached hydrogens (tertiary/aromatic N) is 1. The third-order valence-corrected chi connectivity index (χ3v) is 6.25. The zero-order chi connectivity index (χ0) is 19.2. The van der Waals surface area contributed by atoms with Gasteiger partial charge in [-0.1, -0.05) is 6.07 Å². The number of hydrogen-bond donors (Lipinski definition) is 1. The molecular weight excluding hydrogens is 428 g/mol. The van der Waals surface area contributed by atoms with Crippen LogP contribution in [-0.4, -0.2) is 44.2 Å². The smallest absolute Gasteiger partial charge is 0.251 e. The predicted octanol–water partition coefficient (Wildman–Crippen LogP) is 4.48. The van der Waals surface area contributed by atoms with Crippen LogP contribution in [0.15, 0.2) is 34.1 Å². The maximum atomic E-state index is 12.8. The second kappa shape index (κ2) is 9.57. The van der Waals surface area contributed by atoms with Crippen LogP contribution in [0.25, 0.3) is 0 Å². The molecule has 2 aromatic rings. The number of likely N-dealkylation sites (tertiary alicyclic amines) is 1. The summed E-state index contributed by atoms with van der Waals surface area (Å²) < 4.78 is 11.7. The molecule has 1 N–H and O–H groups in total. The number of amides is 1. The van der Waals surface area contributed by atoms with Crippen molar-refractivity contribution < 1.29 is 14.3 Å². The van der Waals surface area contributed by atoms with Gasteiger partial charge in [0.2, 0.25) is 0 Å². The summed E-state index contributed by atoms with van der Waals surface area (Å²) in [5.41, 5.74) is 0.550. The quantitative estimate of drug-likeness (QED) is 0.640. The van der Waals surface area contributed by atoms with E-state index in [1.54, 1.807) is 30.6 Å². The molecule has 1 unspecified atom stereocenters. The van der Waals surface area contributed by atoms with Crippen molar-refractivity contribution in [2.24, 2.45) is 0 Å². The zero-order valence-corrected chi connectivity index (χ0v) is 18.1. The number of ether oxygens (including phenoxy) is 2. The molecule has 1 aliphatic rings. The molecule has 2 heterocycles. The molecule has 1 atom stereocenters. The third-order valence-electron chi connectivity index (χ3n) is 4.69. The number of carbonyl (C=O) groups excluding carboxylic acids is 1. The van der Waals surface area contributed by atoms with Gasteiger partial charge in [0.15, 0.2) is 11.5 Å².